The molecule has 2 aromatic rings. The van der Waals surface area contributed by atoms with E-state index in [9.17, 15) is 0 Å². The van der Waals surface area contributed by atoms with Crippen LogP contribution in [0.25, 0.3) is 0 Å². The third-order valence-electron chi connectivity index (χ3n) is 2.45. The fourth-order valence-corrected chi connectivity index (χ4v) is 1.96. The van der Waals surface area contributed by atoms with Gasteiger partial charge in [-0.15, -0.1) is 0 Å². The Morgan fingerprint density at radius 3 is 3.00 bits per heavy atom. The summed E-state index contributed by atoms with van der Waals surface area (Å²) in [6, 6.07) is 7.76. The summed E-state index contributed by atoms with van der Waals surface area (Å²) in [5.41, 5.74) is 1.12. The van der Waals surface area contributed by atoms with Crippen molar-refractivity contribution in [3.8, 4) is 5.75 Å². The monoisotopic (exact) mass is 310 g/mol. The van der Waals surface area contributed by atoms with E-state index in [0.29, 0.717) is 12.4 Å². The van der Waals surface area contributed by atoms with Crippen LogP contribution in [0, 0.1) is 0 Å². The highest BCUT2D eigenvalue weighted by atomic mass is 79.9. The number of hydrogen-bond donors (Lipinski definition) is 1. The van der Waals surface area contributed by atoms with Gasteiger partial charge in [0.25, 0.3) is 0 Å². The van der Waals surface area contributed by atoms with Gasteiger partial charge in [0.15, 0.2) is 5.76 Å². The van der Waals surface area contributed by atoms with Gasteiger partial charge < -0.3 is 14.6 Å². The molecule has 18 heavy (non-hydrogen) atoms. The van der Waals surface area contributed by atoms with Crippen LogP contribution in [0.1, 0.15) is 18.2 Å². The van der Waals surface area contributed by atoms with Gasteiger partial charge in [0.2, 0.25) is 0 Å². The summed E-state index contributed by atoms with van der Waals surface area (Å²) < 4.78 is 11.8. The Labute approximate surface area is 114 Å². The maximum atomic E-state index is 5.74. The van der Waals surface area contributed by atoms with Crippen molar-refractivity contribution in [1.29, 1.82) is 0 Å². The molecule has 2 rings (SSSR count). The van der Waals surface area contributed by atoms with Crippen LogP contribution < -0.4 is 10.1 Å². The first kappa shape index (κ1) is 13.1. The zero-order valence-electron chi connectivity index (χ0n) is 10.1. The molecule has 0 amide bonds. The largest absolute Gasteiger partial charge is 0.485 e. The van der Waals surface area contributed by atoms with E-state index in [0.717, 1.165) is 28.9 Å². The topological polar surface area (TPSA) is 47.3 Å². The van der Waals surface area contributed by atoms with Crippen molar-refractivity contribution in [1.82, 2.24) is 10.5 Å². The van der Waals surface area contributed by atoms with Gasteiger partial charge in [-0.3, -0.25) is 0 Å². The molecule has 0 saturated carbocycles. The van der Waals surface area contributed by atoms with Crippen molar-refractivity contribution in [3.05, 3.63) is 46.3 Å². The Bertz CT molecular complexity index is 486. The lowest BCUT2D eigenvalue weighted by Gasteiger charge is -2.11. The summed E-state index contributed by atoms with van der Waals surface area (Å²) in [6.07, 6.45) is 1.61. The van der Waals surface area contributed by atoms with Crippen molar-refractivity contribution in [2.45, 2.75) is 20.1 Å². The Morgan fingerprint density at radius 2 is 2.28 bits per heavy atom. The Balaban J connectivity index is 2.05. The van der Waals surface area contributed by atoms with Gasteiger partial charge in [-0.2, -0.15) is 0 Å². The molecule has 0 aliphatic rings. The lowest BCUT2D eigenvalue weighted by molar-refractivity contribution is 0.247. The molecule has 0 radical (unpaired) electrons. The minimum absolute atomic E-state index is 0.390. The van der Waals surface area contributed by atoms with E-state index in [1.165, 1.54) is 0 Å². The number of nitrogens with one attached hydrogen (secondary N) is 1. The SMILES string of the molecule is CCNCc1cc(Br)ccc1OCc1ccno1. The molecule has 0 saturated heterocycles. The fourth-order valence-electron chi connectivity index (χ4n) is 1.55. The Kier molecular flexibility index (Phi) is 4.78. The maximum absolute atomic E-state index is 5.74. The molecular weight excluding hydrogens is 296 g/mol. The summed E-state index contributed by atoms with van der Waals surface area (Å²) in [5.74, 6) is 1.57. The van der Waals surface area contributed by atoms with Gasteiger partial charge in [-0.05, 0) is 24.7 Å². The number of benzene rings is 1. The summed E-state index contributed by atoms with van der Waals surface area (Å²) in [4.78, 5) is 0. The maximum Gasteiger partial charge on any atom is 0.174 e. The van der Waals surface area contributed by atoms with Crippen LogP contribution in [0.5, 0.6) is 5.75 Å². The summed E-state index contributed by atoms with van der Waals surface area (Å²) >= 11 is 3.47. The third-order valence-corrected chi connectivity index (χ3v) is 2.94. The summed E-state index contributed by atoms with van der Waals surface area (Å²) in [5, 5.41) is 6.93. The van der Waals surface area contributed by atoms with Gasteiger partial charge in [-0.1, -0.05) is 28.0 Å². The number of nitrogens with zero attached hydrogens (tertiary/aromatic N) is 1. The predicted molar refractivity (Wildman–Crippen MR) is 72.4 cm³/mol. The van der Waals surface area contributed by atoms with E-state index in [1.54, 1.807) is 12.3 Å². The molecule has 0 fully saturated rings. The first-order valence-corrected chi connectivity index (χ1v) is 6.60. The second kappa shape index (κ2) is 6.56. The average molecular weight is 311 g/mol. The van der Waals surface area contributed by atoms with Crippen LogP contribution in [0.4, 0.5) is 0 Å². The number of rotatable bonds is 6. The van der Waals surface area contributed by atoms with E-state index >= 15 is 0 Å². The molecule has 0 spiro atoms. The van der Waals surface area contributed by atoms with Crippen molar-refractivity contribution >= 4 is 15.9 Å². The molecule has 1 aromatic carbocycles. The molecule has 96 valence electrons. The highest BCUT2D eigenvalue weighted by Gasteiger charge is 2.06. The van der Waals surface area contributed by atoms with E-state index in [2.05, 4.69) is 39.4 Å². The standard InChI is InChI=1S/C13H15BrN2O2/c1-2-15-8-10-7-11(14)3-4-13(10)17-9-12-5-6-16-18-12/h3-7,15H,2,8-9H2,1H3. The molecular formula is C13H15BrN2O2. The normalized spacial score (nSPS) is 10.6. The number of hydrogen-bond acceptors (Lipinski definition) is 4. The molecule has 5 heteroatoms. The van der Waals surface area contributed by atoms with Crippen LogP contribution in [-0.4, -0.2) is 11.7 Å². The van der Waals surface area contributed by atoms with Crippen molar-refractivity contribution in [2.24, 2.45) is 0 Å². The molecule has 1 heterocycles. The lowest BCUT2D eigenvalue weighted by Crippen LogP contribution is -2.12. The first-order chi connectivity index (χ1) is 8.79. The number of ether oxygens (including phenoxy) is 1. The van der Waals surface area contributed by atoms with Gasteiger partial charge in [-0.25, -0.2) is 0 Å². The highest BCUT2D eigenvalue weighted by molar-refractivity contribution is 9.10. The second-order valence-corrected chi connectivity index (χ2v) is 4.72. The summed E-state index contributed by atoms with van der Waals surface area (Å²) in [6.45, 7) is 4.17. The summed E-state index contributed by atoms with van der Waals surface area (Å²) in [7, 11) is 0. The number of halogens is 1. The zero-order valence-corrected chi connectivity index (χ0v) is 11.7. The van der Waals surface area contributed by atoms with Crippen LogP contribution >= 0.6 is 15.9 Å². The quantitative estimate of drug-likeness (QED) is 0.890. The molecule has 0 atom stereocenters. The van der Waals surface area contributed by atoms with Crippen LogP contribution in [0.15, 0.2) is 39.5 Å². The van der Waals surface area contributed by atoms with Gasteiger partial charge in [0.05, 0.1) is 6.20 Å². The number of aromatic nitrogens is 1. The molecule has 0 aliphatic carbocycles. The first-order valence-electron chi connectivity index (χ1n) is 5.81. The van der Waals surface area contributed by atoms with E-state index in [1.807, 2.05) is 12.1 Å². The molecule has 0 unspecified atom stereocenters. The molecule has 1 N–H and O–H groups in total. The fraction of sp³-hybridized carbons (Fsp3) is 0.308. The van der Waals surface area contributed by atoms with Crippen molar-refractivity contribution in [3.63, 3.8) is 0 Å². The van der Waals surface area contributed by atoms with Crippen LogP contribution in [0.3, 0.4) is 0 Å². The van der Waals surface area contributed by atoms with Crippen LogP contribution in [0.2, 0.25) is 0 Å². The van der Waals surface area contributed by atoms with Crippen LogP contribution in [-0.2, 0) is 13.2 Å². The van der Waals surface area contributed by atoms with Crippen molar-refractivity contribution < 1.29 is 9.26 Å². The van der Waals surface area contributed by atoms with Crippen molar-refractivity contribution in [2.75, 3.05) is 6.54 Å². The molecule has 0 aliphatic heterocycles. The minimum Gasteiger partial charge on any atom is -0.485 e. The average Bonchev–Trinajstić information content (AvgIpc) is 2.88. The zero-order chi connectivity index (χ0) is 12.8. The van der Waals surface area contributed by atoms with Gasteiger partial charge >= 0.3 is 0 Å². The highest BCUT2D eigenvalue weighted by Crippen LogP contribution is 2.24. The minimum atomic E-state index is 0.390. The van der Waals surface area contributed by atoms with E-state index < -0.39 is 0 Å². The predicted octanol–water partition coefficient (Wildman–Crippen LogP) is 3.13. The van der Waals surface area contributed by atoms with Gasteiger partial charge in [0, 0.05) is 22.6 Å². The Hall–Kier alpha value is -1.33. The van der Waals surface area contributed by atoms with Gasteiger partial charge in [0.1, 0.15) is 12.4 Å². The Morgan fingerprint density at radius 1 is 1.39 bits per heavy atom. The second-order valence-electron chi connectivity index (χ2n) is 3.80. The lowest BCUT2D eigenvalue weighted by atomic mass is 10.2. The molecule has 0 bridgehead atoms. The van der Waals surface area contributed by atoms with E-state index in [4.69, 9.17) is 9.26 Å². The molecule has 1 aromatic heterocycles. The third kappa shape index (κ3) is 3.58. The van der Waals surface area contributed by atoms with E-state index in [-0.39, 0.29) is 0 Å². The molecule has 4 nitrogen and oxygen atoms in total. The smallest absolute Gasteiger partial charge is 0.174 e.